The Morgan fingerprint density at radius 3 is 3.00 bits per heavy atom. The van der Waals surface area contributed by atoms with Crippen molar-refractivity contribution in [3.8, 4) is 0 Å². The first kappa shape index (κ1) is 19.2. The minimum Gasteiger partial charge on any atom is -0.378 e. The van der Waals surface area contributed by atoms with Gasteiger partial charge in [-0.25, -0.2) is 0 Å². The Bertz CT molecular complexity index is 459. The standard InChI is InChI=1S/C15H21N3O2.2ClH/c19-15(18-9-11-3-1-2-6-17-11)12-5-8-20-14-4-7-16-10-13(12)14;;/h1-3,6,12-14,16H,4-5,7-10H2,(H,18,19);2*1H/t12-,13+,14-;;/m1../s1. The van der Waals surface area contributed by atoms with Gasteiger partial charge in [-0.1, -0.05) is 6.07 Å². The third-order valence-corrected chi connectivity index (χ3v) is 4.25. The fourth-order valence-electron chi connectivity index (χ4n) is 3.16. The molecule has 1 amide bonds. The van der Waals surface area contributed by atoms with Crippen LogP contribution < -0.4 is 10.6 Å². The molecule has 2 aliphatic heterocycles. The third-order valence-electron chi connectivity index (χ3n) is 4.25. The number of pyridine rings is 1. The van der Waals surface area contributed by atoms with Crippen LogP contribution in [0, 0.1) is 11.8 Å². The Morgan fingerprint density at radius 1 is 1.36 bits per heavy atom. The van der Waals surface area contributed by atoms with Crippen LogP contribution in [0.1, 0.15) is 18.5 Å². The molecule has 1 aromatic rings. The summed E-state index contributed by atoms with van der Waals surface area (Å²) in [5.41, 5.74) is 0.895. The molecule has 5 nitrogen and oxygen atoms in total. The van der Waals surface area contributed by atoms with E-state index in [4.69, 9.17) is 4.74 Å². The topological polar surface area (TPSA) is 63.2 Å². The van der Waals surface area contributed by atoms with Gasteiger partial charge >= 0.3 is 0 Å². The van der Waals surface area contributed by atoms with Crippen molar-refractivity contribution in [2.45, 2.75) is 25.5 Å². The van der Waals surface area contributed by atoms with E-state index in [-0.39, 0.29) is 42.7 Å². The summed E-state index contributed by atoms with van der Waals surface area (Å²) in [4.78, 5) is 16.6. The van der Waals surface area contributed by atoms with Crippen molar-refractivity contribution in [1.29, 1.82) is 0 Å². The molecular weight excluding hydrogens is 325 g/mol. The van der Waals surface area contributed by atoms with E-state index in [1.165, 1.54) is 0 Å². The number of ether oxygens (including phenoxy) is 1. The zero-order chi connectivity index (χ0) is 13.8. The first-order valence-electron chi connectivity index (χ1n) is 7.34. The van der Waals surface area contributed by atoms with Crippen LogP contribution in [0.2, 0.25) is 0 Å². The molecular formula is C15H23Cl2N3O2. The highest BCUT2D eigenvalue weighted by atomic mass is 35.5. The Morgan fingerprint density at radius 2 is 2.23 bits per heavy atom. The number of hydrogen-bond donors (Lipinski definition) is 2. The van der Waals surface area contributed by atoms with Gasteiger partial charge in [0.15, 0.2) is 0 Å². The van der Waals surface area contributed by atoms with E-state index in [0.717, 1.165) is 31.6 Å². The van der Waals surface area contributed by atoms with Gasteiger partial charge in [0.2, 0.25) is 5.91 Å². The van der Waals surface area contributed by atoms with Crippen molar-refractivity contribution in [3.05, 3.63) is 30.1 Å². The van der Waals surface area contributed by atoms with Gasteiger partial charge in [-0.3, -0.25) is 9.78 Å². The zero-order valence-corrected chi connectivity index (χ0v) is 14.0. The van der Waals surface area contributed by atoms with Gasteiger partial charge in [0.1, 0.15) is 0 Å². The van der Waals surface area contributed by atoms with Gasteiger partial charge in [0.25, 0.3) is 0 Å². The maximum Gasteiger partial charge on any atom is 0.223 e. The summed E-state index contributed by atoms with van der Waals surface area (Å²) in [6, 6.07) is 5.74. The number of fused-ring (bicyclic) bond motifs is 1. The Labute approximate surface area is 143 Å². The summed E-state index contributed by atoms with van der Waals surface area (Å²) < 4.78 is 5.79. The number of amides is 1. The Hall–Kier alpha value is -0.880. The van der Waals surface area contributed by atoms with E-state index in [1.54, 1.807) is 6.20 Å². The van der Waals surface area contributed by atoms with Crippen molar-refractivity contribution in [2.24, 2.45) is 11.8 Å². The van der Waals surface area contributed by atoms with Crippen molar-refractivity contribution in [3.63, 3.8) is 0 Å². The summed E-state index contributed by atoms with van der Waals surface area (Å²) in [5.74, 6) is 0.504. The second kappa shape index (κ2) is 9.30. The number of rotatable bonds is 3. The van der Waals surface area contributed by atoms with Crippen LogP contribution in [0.3, 0.4) is 0 Å². The van der Waals surface area contributed by atoms with Crippen LogP contribution in [0.15, 0.2) is 24.4 Å². The molecule has 0 aliphatic carbocycles. The van der Waals surface area contributed by atoms with E-state index in [1.807, 2.05) is 18.2 Å². The second-order valence-corrected chi connectivity index (χ2v) is 5.50. The minimum absolute atomic E-state index is 0. The molecule has 3 heterocycles. The maximum atomic E-state index is 12.4. The van der Waals surface area contributed by atoms with Gasteiger partial charge in [-0.05, 0) is 31.5 Å². The lowest BCUT2D eigenvalue weighted by atomic mass is 9.79. The SMILES string of the molecule is Cl.Cl.O=C(NCc1ccccn1)[C@@H]1CCO[C@@H]2CCNC[C@H]21. The van der Waals surface area contributed by atoms with Gasteiger partial charge in [-0.2, -0.15) is 0 Å². The molecule has 2 aliphatic rings. The quantitative estimate of drug-likeness (QED) is 0.870. The highest BCUT2D eigenvalue weighted by Crippen LogP contribution is 2.30. The van der Waals surface area contributed by atoms with Crippen molar-refractivity contribution < 1.29 is 9.53 Å². The molecule has 22 heavy (non-hydrogen) atoms. The Balaban J connectivity index is 0.00000121. The lowest BCUT2D eigenvalue weighted by Crippen LogP contribution is -2.52. The first-order chi connectivity index (χ1) is 9.84. The van der Waals surface area contributed by atoms with Crippen LogP contribution in [0.4, 0.5) is 0 Å². The molecule has 0 radical (unpaired) electrons. The number of hydrogen-bond acceptors (Lipinski definition) is 4. The molecule has 2 N–H and O–H groups in total. The minimum atomic E-state index is 0. The molecule has 1 aromatic heterocycles. The molecule has 3 atom stereocenters. The van der Waals surface area contributed by atoms with E-state index < -0.39 is 0 Å². The second-order valence-electron chi connectivity index (χ2n) is 5.50. The van der Waals surface area contributed by atoms with E-state index in [9.17, 15) is 4.79 Å². The van der Waals surface area contributed by atoms with Crippen molar-refractivity contribution in [2.75, 3.05) is 19.7 Å². The van der Waals surface area contributed by atoms with E-state index >= 15 is 0 Å². The number of nitrogens with zero attached hydrogens (tertiary/aromatic N) is 1. The molecule has 0 saturated carbocycles. The third kappa shape index (κ3) is 4.56. The number of halogens is 2. The molecule has 0 unspecified atom stereocenters. The van der Waals surface area contributed by atoms with Gasteiger partial charge < -0.3 is 15.4 Å². The van der Waals surface area contributed by atoms with Gasteiger partial charge in [0, 0.05) is 31.2 Å². The predicted molar refractivity (Wildman–Crippen MR) is 89.4 cm³/mol. The van der Waals surface area contributed by atoms with Crippen molar-refractivity contribution in [1.82, 2.24) is 15.6 Å². The average Bonchev–Trinajstić information content (AvgIpc) is 2.53. The number of aromatic nitrogens is 1. The lowest BCUT2D eigenvalue weighted by molar-refractivity contribution is -0.137. The Kier molecular flexibility index (Phi) is 8.10. The molecule has 0 spiro atoms. The van der Waals surface area contributed by atoms with E-state index in [2.05, 4.69) is 15.6 Å². The molecule has 124 valence electrons. The summed E-state index contributed by atoms with van der Waals surface area (Å²) in [6.07, 6.45) is 3.82. The molecule has 0 aromatic carbocycles. The normalized spacial score (nSPS) is 26.8. The number of piperidine rings is 1. The fraction of sp³-hybridized carbons (Fsp3) is 0.600. The summed E-state index contributed by atoms with van der Waals surface area (Å²) in [6.45, 7) is 3.07. The number of nitrogens with one attached hydrogen (secondary N) is 2. The lowest BCUT2D eigenvalue weighted by Gasteiger charge is -2.40. The zero-order valence-electron chi connectivity index (χ0n) is 12.4. The fourth-order valence-corrected chi connectivity index (χ4v) is 3.16. The smallest absolute Gasteiger partial charge is 0.223 e. The predicted octanol–water partition coefficient (Wildman–Crippen LogP) is 1.56. The number of carbonyl (C=O) groups excluding carboxylic acids is 1. The highest BCUT2D eigenvalue weighted by molar-refractivity contribution is 5.85. The summed E-state index contributed by atoms with van der Waals surface area (Å²) in [7, 11) is 0. The van der Waals surface area contributed by atoms with Crippen LogP contribution in [-0.4, -0.2) is 36.7 Å². The average molecular weight is 348 g/mol. The first-order valence-corrected chi connectivity index (χ1v) is 7.34. The van der Waals surface area contributed by atoms with E-state index in [0.29, 0.717) is 19.1 Å². The molecule has 2 saturated heterocycles. The van der Waals surface area contributed by atoms with Crippen LogP contribution in [0.25, 0.3) is 0 Å². The molecule has 7 heteroatoms. The number of carbonyl (C=O) groups is 1. The summed E-state index contributed by atoms with van der Waals surface area (Å²) >= 11 is 0. The highest BCUT2D eigenvalue weighted by Gasteiger charge is 2.39. The summed E-state index contributed by atoms with van der Waals surface area (Å²) in [5, 5.41) is 6.39. The monoisotopic (exact) mass is 347 g/mol. The van der Waals surface area contributed by atoms with Gasteiger partial charge in [-0.15, -0.1) is 24.8 Å². The van der Waals surface area contributed by atoms with Gasteiger partial charge in [0.05, 0.1) is 18.3 Å². The molecule has 2 fully saturated rings. The van der Waals surface area contributed by atoms with Crippen molar-refractivity contribution >= 4 is 30.7 Å². The largest absolute Gasteiger partial charge is 0.378 e. The van der Waals surface area contributed by atoms with Crippen LogP contribution in [0.5, 0.6) is 0 Å². The van der Waals surface area contributed by atoms with Crippen LogP contribution in [-0.2, 0) is 16.1 Å². The molecule has 0 bridgehead atoms. The molecule has 3 rings (SSSR count). The van der Waals surface area contributed by atoms with Crippen LogP contribution >= 0.6 is 24.8 Å². The maximum absolute atomic E-state index is 12.4.